The van der Waals surface area contributed by atoms with Crippen LogP contribution < -0.4 is 5.32 Å². The third kappa shape index (κ3) is 2.70. The van der Waals surface area contributed by atoms with Crippen LogP contribution >= 0.6 is 0 Å². The molecule has 0 aromatic heterocycles. The van der Waals surface area contributed by atoms with Gasteiger partial charge in [-0.05, 0) is 31.9 Å². The Balaban J connectivity index is 1.86. The fraction of sp³-hybridized carbons (Fsp3) is 0.500. The van der Waals surface area contributed by atoms with Crippen LogP contribution in [0.15, 0.2) is 18.2 Å². The number of ether oxygens (including phenoxy) is 1. The molecule has 2 rings (SSSR count). The average molecular weight is 227 g/mol. The highest BCUT2D eigenvalue weighted by atomic mass is 19.1. The van der Waals surface area contributed by atoms with Gasteiger partial charge in [-0.3, -0.25) is 0 Å². The minimum Gasteiger partial charge on any atom is -0.382 e. The van der Waals surface area contributed by atoms with Crippen molar-refractivity contribution in [1.82, 2.24) is 0 Å². The van der Waals surface area contributed by atoms with Crippen molar-refractivity contribution in [3.05, 3.63) is 29.8 Å². The van der Waals surface area contributed by atoms with Gasteiger partial charge in [-0.15, -0.1) is 0 Å². The van der Waals surface area contributed by atoms with Gasteiger partial charge in [0.25, 0.3) is 0 Å². The lowest BCUT2D eigenvalue weighted by Crippen LogP contribution is -2.40. The summed E-state index contributed by atoms with van der Waals surface area (Å²) in [5.74, 6) is -1.11. The molecule has 0 heterocycles. The van der Waals surface area contributed by atoms with Crippen LogP contribution in [0.4, 0.5) is 14.5 Å². The average Bonchev–Trinajstić information content (AvgIpc) is 2.13. The summed E-state index contributed by atoms with van der Waals surface area (Å²) in [6.45, 7) is 2.68. The van der Waals surface area contributed by atoms with Gasteiger partial charge in [0.15, 0.2) is 0 Å². The first kappa shape index (κ1) is 11.3. The SMILES string of the molecule is CCOC1CC(Nc2cc(F)cc(F)c2)C1. The van der Waals surface area contributed by atoms with Gasteiger partial charge >= 0.3 is 0 Å². The summed E-state index contributed by atoms with van der Waals surface area (Å²) in [6, 6.07) is 3.74. The van der Waals surface area contributed by atoms with E-state index in [4.69, 9.17) is 4.74 Å². The number of benzene rings is 1. The van der Waals surface area contributed by atoms with Crippen LogP contribution in [-0.4, -0.2) is 18.8 Å². The molecule has 0 aliphatic heterocycles. The maximum atomic E-state index is 12.9. The Morgan fingerprint density at radius 2 is 1.88 bits per heavy atom. The smallest absolute Gasteiger partial charge is 0.128 e. The van der Waals surface area contributed by atoms with E-state index in [1.165, 1.54) is 12.1 Å². The number of halogens is 2. The van der Waals surface area contributed by atoms with Crippen LogP contribution in [0.25, 0.3) is 0 Å². The zero-order chi connectivity index (χ0) is 11.5. The maximum absolute atomic E-state index is 12.9. The first-order valence-corrected chi connectivity index (χ1v) is 5.51. The Labute approximate surface area is 93.6 Å². The lowest BCUT2D eigenvalue weighted by molar-refractivity contribution is 0.00299. The highest BCUT2D eigenvalue weighted by Crippen LogP contribution is 2.27. The quantitative estimate of drug-likeness (QED) is 0.853. The standard InChI is InChI=1S/C12H15F2NO/c1-2-16-12-6-11(7-12)15-10-4-8(13)3-9(14)5-10/h3-5,11-12,15H,2,6-7H2,1H3. The predicted molar refractivity (Wildman–Crippen MR) is 58.4 cm³/mol. The summed E-state index contributed by atoms with van der Waals surface area (Å²) in [5.41, 5.74) is 0.498. The Bertz CT molecular complexity index is 344. The minimum atomic E-state index is -0.553. The molecule has 2 nitrogen and oxygen atoms in total. The van der Waals surface area contributed by atoms with E-state index < -0.39 is 11.6 Å². The van der Waals surface area contributed by atoms with Crippen molar-refractivity contribution in [1.29, 1.82) is 0 Å². The normalized spacial score (nSPS) is 23.9. The Morgan fingerprint density at radius 1 is 1.25 bits per heavy atom. The molecule has 0 radical (unpaired) electrons. The molecular weight excluding hydrogens is 212 g/mol. The molecule has 4 heteroatoms. The summed E-state index contributed by atoms with van der Waals surface area (Å²) >= 11 is 0. The molecule has 1 aliphatic rings. The molecule has 1 aromatic rings. The van der Waals surface area contributed by atoms with Crippen molar-refractivity contribution in [2.75, 3.05) is 11.9 Å². The second-order valence-corrected chi connectivity index (χ2v) is 4.05. The van der Waals surface area contributed by atoms with Crippen molar-refractivity contribution in [3.63, 3.8) is 0 Å². The van der Waals surface area contributed by atoms with E-state index in [2.05, 4.69) is 5.32 Å². The first-order valence-electron chi connectivity index (χ1n) is 5.51. The molecular formula is C12H15F2NO. The number of rotatable bonds is 4. The van der Waals surface area contributed by atoms with Crippen LogP contribution in [-0.2, 0) is 4.74 Å². The van der Waals surface area contributed by atoms with E-state index in [0.29, 0.717) is 18.4 Å². The van der Waals surface area contributed by atoms with Gasteiger partial charge in [-0.2, -0.15) is 0 Å². The molecule has 1 fully saturated rings. The van der Waals surface area contributed by atoms with E-state index >= 15 is 0 Å². The summed E-state index contributed by atoms with van der Waals surface area (Å²) in [7, 11) is 0. The highest BCUT2D eigenvalue weighted by molar-refractivity contribution is 5.45. The van der Waals surface area contributed by atoms with Crippen LogP contribution in [0, 0.1) is 11.6 Å². The van der Waals surface area contributed by atoms with Crippen molar-refractivity contribution in [2.45, 2.75) is 31.9 Å². The third-order valence-corrected chi connectivity index (χ3v) is 2.73. The molecule has 0 bridgehead atoms. The number of hydrogen-bond donors (Lipinski definition) is 1. The largest absolute Gasteiger partial charge is 0.382 e. The van der Waals surface area contributed by atoms with Crippen LogP contribution in [0.1, 0.15) is 19.8 Å². The topological polar surface area (TPSA) is 21.3 Å². The summed E-state index contributed by atoms with van der Waals surface area (Å²) in [4.78, 5) is 0. The van der Waals surface area contributed by atoms with Crippen LogP contribution in [0.2, 0.25) is 0 Å². The highest BCUT2D eigenvalue weighted by Gasteiger charge is 2.29. The van der Waals surface area contributed by atoms with Crippen LogP contribution in [0.5, 0.6) is 0 Å². The fourth-order valence-corrected chi connectivity index (χ4v) is 1.93. The molecule has 88 valence electrons. The fourth-order valence-electron chi connectivity index (χ4n) is 1.93. The molecule has 1 saturated carbocycles. The minimum absolute atomic E-state index is 0.262. The molecule has 0 unspecified atom stereocenters. The molecule has 1 N–H and O–H groups in total. The van der Waals surface area contributed by atoms with E-state index in [1.54, 1.807) is 0 Å². The summed E-state index contributed by atoms with van der Waals surface area (Å²) < 4.78 is 31.2. The van der Waals surface area contributed by atoms with Gasteiger partial charge in [0, 0.05) is 24.4 Å². The summed E-state index contributed by atoms with van der Waals surface area (Å²) in [6.07, 6.45) is 2.08. The van der Waals surface area contributed by atoms with Crippen molar-refractivity contribution in [3.8, 4) is 0 Å². The van der Waals surface area contributed by atoms with Gasteiger partial charge in [0.05, 0.1) is 6.10 Å². The molecule has 16 heavy (non-hydrogen) atoms. The second-order valence-electron chi connectivity index (χ2n) is 4.05. The molecule has 1 aliphatic carbocycles. The lowest BCUT2D eigenvalue weighted by Gasteiger charge is -2.36. The Hall–Kier alpha value is -1.16. The van der Waals surface area contributed by atoms with Gasteiger partial charge in [0.2, 0.25) is 0 Å². The zero-order valence-corrected chi connectivity index (χ0v) is 9.17. The van der Waals surface area contributed by atoms with Crippen LogP contribution in [0.3, 0.4) is 0 Å². The van der Waals surface area contributed by atoms with E-state index in [1.807, 2.05) is 6.92 Å². The zero-order valence-electron chi connectivity index (χ0n) is 9.17. The van der Waals surface area contributed by atoms with Gasteiger partial charge in [0.1, 0.15) is 11.6 Å². The second kappa shape index (κ2) is 4.78. The Kier molecular flexibility index (Phi) is 3.39. The Morgan fingerprint density at radius 3 is 2.44 bits per heavy atom. The predicted octanol–water partition coefficient (Wildman–Crippen LogP) is 2.94. The van der Waals surface area contributed by atoms with Crippen molar-refractivity contribution >= 4 is 5.69 Å². The van der Waals surface area contributed by atoms with E-state index in [-0.39, 0.29) is 6.04 Å². The third-order valence-electron chi connectivity index (χ3n) is 2.73. The maximum Gasteiger partial charge on any atom is 0.128 e. The molecule has 0 amide bonds. The molecule has 0 spiro atoms. The van der Waals surface area contributed by atoms with E-state index in [0.717, 1.165) is 18.9 Å². The van der Waals surface area contributed by atoms with Gasteiger partial charge in [-0.25, -0.2) is 8.78 Å². The first-order chi connectivity index (χ1) is 7.67. The summed E-state index contributed by atoms with van der Waals surface area (Å²) in [5, 5.41) is 3.09. The number of nitrogens with one attached hydrogen (secondary N) is 1. The van der Waals surface area contributed by atoms with E-state index in [9.17, 15) is 8.78 Å². The van der Waals surface area contributed by atoms with Crippen molar-refractivity contribution in [2.24, 2.45) is 0 Å². The van der Waals surface area contributed by atoms with Gasteiger partial charge in [-0.1, -0.05) is 0 Å². The number of hydrogen-bond acceptors (Lipinski definition) is 2. The van der Waals surface area contributed by atoms with Gasteiger partial charge < -0.3 is 10.1 Å². The van der Waals surface area contributed by atoms with Crippen molar-refractivity contribution < 1.29 is 13.5 Å². The monoisotopic (exact) mass is 227 g/mol. The molecule has 0 atom stereocenters. The lowest BCUT2D eigenvalue weighted by atomic mass is 9.89. The molecule has 0 saturated heterocycles. The number of anilines is 1. The molecule has 1 aromatic carbocycles.